The quantitative estimate of drug-likeness (QED) is 0.546. The molecule has 0 spiro atoms. The number of thioether (sulfide) groups is 1. The second-order valence-electron chi connectivity index (χ2n) is 4.11. The molecule has 0 bridgehead atoms. The number of rotatable bonds is 4. The Labute approximate surface area is 96.5 Å². The van der Waals surface area contributed by atoms with Gasteiger partial charge in [0.25, 0.3) is 0 Å². The summed E-state index contributed by atoms with van der Waals surface area (Å²) in [6.45, 7) is 7.72. The summed E-state index contributed by atoms with van der Waals surface area (Å²) in [6.07, 6.45) is 4.46. The van der Waals surface area contributed by atoms with Gasteiger partial charge in [-0.1, -0.05) is 20.4 Å². The van der Waals surface area contributed by atoms with E-state index < -0.39 is 0 Å². The zero-order valence-electron chi connectivity index (χ0n) is 9.62. The van der Waals surface area contributed by atoms with Crippen LogP contribution in [0.5, 0.6) is 0 Å². The third-order valence-electron chi connectivity index (χ3n) is 3.03. The summed E-state index contributed by atoms with van der Waals surface area (Å²) in [6, 6.07) is 0. The van der Waals surface area contributed by atoms with Crippen molar-refractivity contribution in [3.63, 3.8) is 0 Å². The molecule has 0 radical (unpaired) electrons. The maximum absolute atomic E-state index is 11.7. The fourth-order valence-corrected chi connectivity index (χ4v) is 2.72. The van der Waals surface area contributed by atoms with Crippen molar-refractivity contribution >= 4 is 17.7 Å². The van der Waals surface area contributed by atoms with Crippen molar-refractivity contribution in [1.82, 2.24) is 0 Å². The van der Waals surface area contributed by atoms with E-state index >= 15 is 0 Å². The summed E-state index contributed by atoms with van der Waals surface area (Å²) < 4.78 is 5.61. The number of carbonyl (C=O) groups excluding carboxylic acids is 1. The molecule has 1 saturated heterocycles. The van der Waals surface area contributed by atoms with Gasteiger partial charge in [-0.2, -0.15) is 11.8 Å². The Morgan fingerprint density at radius 2 is 2.20 bits per heavy atom. The molecule has 0 N–H and O–H groups in total. The average molecular weight is 228 g/mol. The third-order valence-corrected chi connectivity index (χ3v) is 4.02. The summed E-state index contributed by atoms with van der Waals surface area (Å²) in [7, 11) is 0. The molecule has 1 heterocycles. The lowest BCUT2D eigenvalue weighted by molar-refractivity contribution is -0.160. The standard InChI is InChI=1S/C12H20O2S/c1-4-10(3)11(13)14-12(5-2)6-8-15-9-7-12/h5,10H,2,4,6-9H2,1,3H3. The zero-order chi connectivity index (χ0) is 11.3. The SMILES string of the molecule is C=CC1(OC(=O)C(C)CC)CCSCC1. The van der Waals surface area contributed by atoms with Crippen LogP contribution in [0.4, 0.5) is 0 Å². The van der Waals surface area contributed by atoms with E-state index in [-0.39, 0.29) is 17.5 Å². The maximum atomic E-state index is 11.7. The first-order valence-electron chi connectivity index (χ1n) is 5.58. The molecule has 3 heteroatoms. The highest BCUT2D eigenvalue weighted by Gasteiger charge is 2.34. The van der Waals surface area contributed by atoms with E-state index in [0.29, 0.717) is 0 Å². The molecule has 0 aromatic rings. The summed E-state index contributed by atoms with van der Waals surface area (Å²) >= 11 is 1.91. The van der Waals surface area contributed by atoms with Crippen LogP contribution < -0.4 is 0 Å². The number of esters is 1. The molecule has 0 aromatic heterocycles. The van der Waals surface area contributed by atoms with E-state index in [9.17, 15) is 4.79 Å². The first-order chi connectivity index (χ1) is 7.13. The van der Waals surface area contributed by atoms with Gasteiger partial charge in [-0.15, -0.1) is 0 Å². The Morgan fingerprint density at radius 1 is 1.60 bits per heavy atom. The molecule has 1 unspecified atom stereocenters. The Hall–Kier alpha value is -0.440. The van der Waals surface area contributed by atoms with Gasteiger partial charge in [-0.05, 0) is 36.8 Å². The van der Waals surface area contributed by atoms with Gasteiger partial charge < -0.3 is 4.74 Å². The Kier molecular flexibility index (Phi) is 4.71. The van der Waals surface area contributed by atoms with Gasteiger partial charge in [-0.25, -0.2) is 0 Å². The summed E-state index contributed by atoms with van der Waals surface area (Å²) in [5.41, 5.74) is -0.383. The smallest absolute Gasteiger partial charge is 0.309 e. The van der Waals surface area contributed by atoms with E-state index in [4.69, 9.17) is 4.74 Å². The Morgan fingerprint density at radius 3 is 2.67 bits per heavy atom. The average Bonchev–Trinajstić information content (AvgIpc) is 2.29. The lowest BCUT2D eigenvalue weighted by atomic mass is 9.96. The molecule has 0 aliphatic carbocycles. The molecular formula is C12H20O2S. The molecule has 1 aliphatic heterocycles. The van der Waals surface area contributed by atoms with Gasteiger partial charge in [0.1, 0.15) is 5.60 Å². The van der Waals surface area contributed by atoms with Crippen molar-refractivity contribution in [3.05, 3.63) is 12.7 Å². The normalized spacial score (nSPS) is 21.7. The maximum Gasteiger partial charge on any atom is 0.309 e. The molecule has 1 aliphatic rings. The van der Waals surface area contributed by atoms with Crippen molar-refractivity contribution in [2.24, 2.45) is 5.92 Å². The molecule has 0 aromatic carbocycles. The fourth-order valence-electron chi connectivity index (χ4n) is 1.53. The van der Waals surface area contributed by atoms with Crippen LogP contribution in [0.25, 0.3) is 0 Å². The summed E-state index contributed by atoms with van der Waals surface area (Å²) in [5.74, 6) is 2.03. The molecule has 86 valence electrons. The Bertz CT molecular complexity index is 232. The van der Waals surface area contributed by atoms with E-state index in [1.54, 1.807) is 0 Å². The molecule has 1 atom stereocenters. The van der Waals surface area contributed by atoms with Crippen molar-refractivity contribution in [2.75, 3.05) is 11.5 Å². The number of carbonyl (C=O) groups is 1. The van der Waals surface area contributed by atoms with Gasteiger partial charge >= 0.3 is 5.97 Å². The van der Waals surface area contributed by atoms with E-state index in [0.717, 1.165) is 30.8 Å². The molecule has 0 saturated carbocycles. The molecule has 0 amide bonds. The van der Waals surface area contributed by atoms with Crippen LogP contribution in [-0.2, 0) is 9.53 Å². The first kappa shape index (κ1) is 12.6. The van der Waals surface area contributed by atoms with E-state index in [1.165, 1.54) is 0 Å². The predicted molar refractivity (Wildman–Crippen MR) is 65.0 cm³/mol. The summed E-state index contributed by atoms with van der Waals surface area (Å²) in [4.78, 5) is 11.7. The first-order valence-corrected chi connectivity index (χ1v) is 6.73. The molecule has 2 nitrogen and oxygen atoms in total. The number of ether oxygens (including phenoxy) is 1. The van der Waals surface area contributed by atoms with Gasteiger partial charge in [0.2, 0.25) is 0 Å². The summed E-state index contributed by atoms with van der Waals surface area (Å²) in [5, 5.41) is 0. The van der Waals surface area contributed by atoms with Gasteiger partial charge in [-0.3, -0.25) is 4.79 Å². The van der Waals surface area contributed by atoms with Crippen molar-refractivity contribution in [3.8, 4) is 0 Å². The topological polar surface area (TPSA) is 26.3 Å². The zero-order valence-corrected chi connectivity index (χ0v) is 10.4. The minimum Gasteiger partial charge on any atom is -0.455 e. The van der Waals surface area contributed by atoms with Crippen molar-refractivity contribution < 1.29 is 9.53 Å². The van der Waals surface area contributed by atoms with Crippen LogP contribution in [0, 0.1) is 5.92 Å². The third kappa shape index (κ3) is 3.26. The van der Waals surface area contributed by atoms with Gasteiger partial charge in [0.05, 0.1) is 5.92 Å². The van der Waals surface area contributed by atoms with Crippen LogP contribution in [0.2, 0.25) is 0 Å². The van der Waals surface area contributed by atoms with E-state index in [2.05, 4.69) is 6.58 Å². The van der Waals surface area contributed by atoms with E-state index in [1.807, 2.05) is 31.7 Å². The van der Waals surface area contributed by atoms with Crippen LogP contribution >= 0.6 is 11.8 Å². The monoisotopic (exact) mass is 228 g/mol. The lowest BCUT2D eigenvalue weighted by Crippen LogP contribution is -2.38. The predicted octanol–water partition coefficient (Wildman–Crippen LogP) is 3.03. The van der Waals surface area contributed by atoms with Crippen molar-refractivity contribution in [2.45, 2.75) is 38.7 Å². The highest BCUT2D eigenvalue weighted by atomic mass is 32.2. The minimum absolute atomic E-state index is 0.00333. The van der Waals surface area contributed by atoms with Crippen LogP contribution in [0.1, 0.15) is 33.1 Å². The fraction of sp³-hybridized carbons (Fsp3) is 0.750. The molecule has 15 heavy (non-hydrogen) atoms. The van der Waals surface area contributed by atoms with Crippen LogP contribution in [-0.4, -0.2) is 23.1 Å². The van der Waals surface area contributed by atoms with Gasteiger partial charge in [0, 0.05) is 0 Å². The minimum atomic E-state index is -0.383. The highest BCUT2D eigenvalue weighted by molar-refractivity contribution is 7.99. The molecule has 1 fully saturated rings. The van der Waals surface area contributed by atoms with Crippen LogP contribution in [0.15, 0.2) is 12.7 Å². The van der Waals surface area contributed by atoms with Gasteiger partial charge in [0.15, 0.2) is 0 Å². The van der Waals surface area contributed by atoms with Crippen molar-refractivity contribution in [1.29, 1.82) is 0 Å². The number of hydrogen-bond donors (Lipinski definition) is 0. The lowest BCUT2D eigenvalue weighted by Gasteiger charge is -2.34. The Balaban J connectivity index is 2.59. The second kappa shape index (κ2) is 5.59. The number of hydrogen-bond acceptors (Lipinski definition) is 3. The second-order valence-corrected chi connectivity index (χ2v) is 5.34. The molecular weight excluding hydrogens is 208 g/mol. The largest absolute Gasteiger partial charge is 0.455 e. The molecule has 1 rings (SSSR count). The van der Waals surface area contributed by atoms with Crippen LogP contribution in [0.3, 0.4) is 0 Å². The highest BCUT2D eigenvalue weighted by Crippen LogP contribution is 2.32.